The second kappa shape index (κ2) is 10.9. The Morgan fingerprint density at radius 3 is 2.62 bits per heavy atom. The number of urea groups is 1. The summed E-state index contributed by atoms with van der Waals surface area (Å²) >= 11 is 1.04. The molecule has 2 rings (SSSR count). The summed E-state index contributed by atoms with van der Waals surface area (Å²) in [5, 5.41) is 6.20. The zero-order chi connectivity index (χ0) is 21.4. The molecule has 0 unspecified atom stereocenters. The molecule has 0 radical (unpaired) electrons. The number of anilines is 1. The molecule has 1 fully saturated rings. The fraction of sp³-hybridized carbons (Fsp3) is 0.684. The largest absolute Gasteiger partial charge is 0.356 e. The minimum atomic E-state index is -3.54. The Hall–Kier alpha value is -1.65. The molecule has 1 aromatic rings. The summed E-state index contributed by atoms with van der Waals surface area (Å²) in [5.74, 6) is -0.201. The quantitative estimate of drug-likeness (QED) is 0.572. The van der Waals surface area contributed by atoms with Gasteiger partial charge in [-0.25, -0.2) is 13.2 Å². The van der Waals surface area contributed by atoms with Crippen LogP contribution in [0, 0.1) is 5.92 Å². The molecule has 1 aromatic heterocycles. The Balaban J connectivity index is 1.96. The minimum absolute atomic E-state index is 0.000300. The number of likely N-dealkylation sites (tertiary alicyclic amines) is 1. The lowest BCUT2D eigenvalue weighted by atomic mass is 9.97. The maximum atomic E-state index is 12.6. The lowest BCUT2D eigenvalue weighted by Crippen LogP contribution is -2.47. The third-order valence-electron chi connectivity index (χ3n) is 5.02. The zero-order valence-electron chi connectivity index (χ0n) is 17.4. The summed E-state index contributed by atoms with van der Waals surface area (Å²) in [6.07, 6.45) is 3.50. The average Bonchev–Trinajstić information content (AvgIpc) is 3.18. The van der Waals surface area contributed by atoms with Crippen LogP contribution in [-0.4, -0.2) is 62.3 Å². The first-order chi connectivity index (χ1) is 13.8. The summed E-state index contributed by atoms with van der Waals surface area (Å²) in [5.41, 5.74) is 0. The number of unbranched alkanes of at least 4 members (excludes halogenated alkanes) is 1. The molecule has 1 atom stereocenters. The molecule has 29 heavy (non-hydrogen) atoms. The molecule has 2 N–H and O–H groups in total. The molecule has 0 aromatic carbocycles. The van der Waals surface area contributed by atoms with E-state index in [9.17, 15) is 18.0 Å². The van der Waals surface area contributed by atoms with E-state index in [1.54, 1.807) is 24.8 Å². The number of piperidine rings is 1. The lowest BCUT2D eigenvalue weighted by Gasteiger charge is -2.31. The van der Waals surface area contributed by atoms with Crippen molar-refractivity contribution in [2.24, 2.45) is 5.92 Å². The molecule has 8 nitrogen and oxygen atoms in total. The van der Waals surface area contributed by atoms with E-state index in [2.05, 4.69) is 17.6 Å². The first-order valence-electron chi connectivity index (χ1n) is 10.3. The van der Waals surface area contributed by atoms with E-state index in [-0.39, 0.29) is 22.1 Å². The van der Waals surface area contributed by atoms with Crippen molar-refractivity contribution in [3.05, 3.63) is 12.1 Å². The van der Waals surface area contributed by atoms with Gasteiger partial charge in [0.25, 0.3) is 10.0 Å². The Morgan fingerprint density at radius 1 is 1.24 bits per heavy atom. The fourth-order valence-electron chi connectivity index (χ4n) is 3.31. The highest BCUT2D eigenvalue weighted by atomic mass is 32.2. The van der Waals surface area contributed by atoms with Crippen molar-refractivity contribution in [3.8, 4) is 0 Å². The first kappa shape index (κ1) is 23.6. The highest BCUT2D eigenvalue weighted by Gasteiger charge is 2.29. The van der Waals surface area contributed by atoms with Gasteiger partial charge in [0, 0.05) is 32.7 Å². The van der Waals surface area contributed by atoms with Gasteiger partial charge in [0.1, 0.15) is 4.21 Å². The van der Waals surface area contributed by atoms with E-state index >= 15 is 0 Å². The molecule has 2 heterocycles. The van der Waals surface area contributed by atoms with Gasteiger partial charge in [-0.2, -0.15) is 4.31 Å². The minimum Gasteiger partial charge on any atom is -0.356 e. The maximum absolute atomic E-state index is 12.6. The van der Waals surface area contributed by atoms with Crippen LogP contribution in [0.5, 0.6) is 0 Å². The van der Waals surface area contributed by atoms with Crippen molar-refractivity contribution >= 4 is 38.3 Å². The maximum Gasteiger partial charge on any atom is 0.322 e. The van der Waals surface area contributed by atoms with E-state index in [1.165, 1.54) is 10.4 Å². The number of nitrogens with zero attached hydrogens (tertiary/aromatic N) is 2. The van der Waals surface area contributed by atoms with Crippen LogP contribution in [0.4, 0.5) is 9.80 Å². The van der Waals surface area contributed by atoms with Gasteiger partial charge in [0.2, 0.25) is 5.91 Å². The first-order valence-corrected chi connectivity index (χ1v) is 12.5. The van der Waals surface area contributed by atoms with Crippen LogP contribution in [0.2, 0.25) is 0 Å². The summed E-state index contributed by atoms with van der Waals surface area (Å²) in [6.45, 7) is 8.08. The van der Waals surface area contributed by atoms with Crippen molar-refractivity contribution in [1.29, 1.82) is 0 Å². The second-order valence-corrected chi connectivity index (χ2v) is 10.3. The predicted molar refractivity (Wildman–Crippen MR) is 116 cm³/mol. The van der Waals surface area contributed by atoms with Gasteiger partial charge in [-0.3, -0.25) is 10.1 Å². The molecular weight excluding hydrogens is 412 g/mol. The van der Waals surface area contributed by atoms with E-state index in [4.69, 9.17) is 0 Å². The molecule has 0 aliphatic carbocycles. The Kier molecular flexibility index (Phi) is 8.91. The van der Waals surface area contributed by atoms with Gasteiger partial charge in [-0.05, 0) is 31.4 Å². The van der Waals surface area contributed by atoms with Gasteiger partial charge in [-0.1, -0.05) is 27.2 Å². The van der Waals surface area contributed by atoms with Gasteiger partial charge < -0.3 is 10.2 Å². The number of hydrogen-bond donors (Lipinski definition) is 2. The van der Waals surface area contributed by atoms with Gasteiger partial charge in [-0.15, -0.1) is 11.3 Å². The van der Waals surface area contributed by atoms with Crippen LogP contribution in [0.1, 0.15) is 46.5 Å². The molecule has 0 saturated carbocycles. The molecule has 0 bridgehead atoms. The second-order valence-electron chi connectivity index (χ2n) is 7.07. The fourth-order valence-corrected chi connectivity index (χ4v) is 6.12. The number of sulfonamides is 1. The van der Waals surface area contributed by atoms with Gasteiger partial charge in [0.15, 0.2) is 0 Å². The molecule has 0 spiro atoms. The predicted octanol–water partition coefficient (Wildman–Crippen LogP) is 2.94. The van der Waals surface area contributed by atoms with Crippen LogP contribution in [0.15, 0.2) is 16.3 Å². The summed E-state index contributed by atoms with van der Waals surface area (Å²) in [7, 11) is -3.54. The van der Waals surface area contributed by atoms with Crippen LogP contribution in [-0.2, 0) is 14.8 Å². The van der Waals surface area contributed by atoms with Crippen molar-refractivity contribution in [3.63, 3.8) is 0 Å². The highest BCUT2D eigenvalue weighted by Crippen LogP contribution is 2.29. The third-order valence-corrected chi connectivity index (χ3v) is 8.54. The summed E-state index contributed by atoms with van der Waals surface area (Å²) < 4.78 is 26.8. The van der Waals surface area contributed by atoms with Crippen LogP contribution < -0.4 is 10.6 Å². The van der Waals surface area contributed by atoms with Crippen molar-refractivity contribution in [2.75, 3.05) is 38.0 Å². The van der Waals surface area contributed by atoms with E-state index in [0.29, 0.717) is 37.7 Å². The molecule has 10 heteroatoms. The summed E-state index contributed by atoms with van der Waals surface area (Å²) in [6, 6.07) is 2.83. The Morgan fingerprint density at radius 2 is 1.97 bits per heavy atom. The molecule has 1 aliphatic rings. The molecule has 3 amide bonds. The van der Waals surface area contributed by atoms with Gasteiger partial charge in [0.05, 0.1) is 10.9 Å². The van der Waals surface area contributed by atoms with Crippen molar-refractivity contribution in [2.45, 2.75) is 50.7 Å². The number of carbonyl (C=O) groups excluding carboxylic acids is 2. The topological polar surface area (TPSA) is 98.8 Å². The number of hydrogen-bond acceptors (Lipinski definition) is 5. The molecular formula is C19H32N4O4S2. The highest BCUT2D eigenvalue weighted by molar-refractivity contribution is 7.91. The standard InChI is InChI=1S/C19H32N4O4S2/c1-4-7-12-20-18(24)15-9-8-13-22(14-15)19(25)21-16-10-11-17(28-16)29(26,27)23(5-2)6-3/h10-11,15H,4-9,12-14H2,1-3H3,(H,20,24)(H,21,25)/t15-/m1/s1. The number of nitrogens with one attached hydrogen (secondary N) is 2. The molecule has 164 valence electrons. The smallest absolute Gasteiger partial charge is 0.322 e. The SMILES string of the molecule is CCCCNC(=O)[C@@H]1CCCN(C(=O)Nc2ccc(S(=O)(=O)N(CC)CC)s2)C1. The number of thiophene rings is 1. The Labute approximate surface area is 177 Å². The summed E-state index contributed by atoms with van der Waals surface area (Å²) in [4.78, 5) is 26.6. The molecule has 1 saturated heterocycles. The third kappa shape index (κ3) is 6.16. The van der Waals surface area contributed by atoms with Crippen LogP contribution in [0.25, 0.3) is 0 Å². The van der Waals surface area contributed by atoms with Crippen molar-refractivity contribution < 1.29 is 18.0 Å². The number of amides is 3. The van der Waals surface area contributed by atoms with E-state index in [0.717, 1.165) is 37.0 Å². The monoisotopic (exact) mass is 444 g/mol. The number of carbonyl (C=O) groups is 2. The van der Waals surface area contributed by atoms with E-state index in [1.807, 2.05) is 0 Å². The van der Waals surface area contributed by atoms with Gasteiger partial charge >= 0.3 is 6.03 Å². The number of rotatable bonds is 9. The lowest BCUT2D eigenvalue weighted by molar-refractivity contribution is -0.126. The van der Waals surface area contributed by atoms with Crippen LogP contribution in [0.3, 0.4) is 0 Å². The van der Waals surface area contributed by atoms with E-state index < -0.39 is 10.0 Å². The normalized spacial score (nSPS) is 17.4. The average molecular weight is 445 g/mol. The molecule has 1 aliphatic heterocycles. The van der Waals surface area contributed by atoms with Crippen LogP contribution >= 0.6 is 11.3 Å². The zero-order valence-corrected chi connectivity index (χ0v) is 19.1. The Bertz CT molecular complexity index is 790. The van der Waals surface area contributed by atoms with Crippen molar-refractivity contribution in [1.82, 2.24) is 14.5 Å².